The summed E-state index contributed by atoms with van der Waals surface area (Å²) in [4.78, 5) is 11.5. The highest BCUT2D eigenvalue weighted by atomic mass is 35.5. The van der Waals surface area contributed by atoms with Crippen molar-refractivity contribution in [3.8, 4) is 5.75 Å². The van der Waals surface area contributed by atoms with Gasteiger partial charge >= 0.3 is 6.09 Å². The van der Waals surface area contributed by atoms with Gasteiger partial charge in [0.05, 0.1) is 6.54 Å². The van der Waals surface area contributed by atoms with Crippen LogP contribution in [0.25, 0.3) is 0 Å². The van der Waals surface area contributed by atoms with Crippen LogP contribution in [0.4, 0.5) is 4.79 Å². The van der Waals surface area contributed by atoms with E-state index in [1.54, 1.807) is 25.1 Å². The molecule has 98 valence electrons. The summed E-state index contributed by atoms with van der Waals surface area (Å²) in [5, 5.41) is 3.15. The Balaban J connectivity index is 1.80. The average molecular weight is 272 g/mol. The molecule has 1 aliphatic rings. The number of benzene rings is 1. The number of aryl methyl sites for hydroxylation is 1. The Morgan fingerprint density at radius 2 is 2.22 bits per heavy atom. The van der Waals surface area contributed by atoms with Gasteiger partial charge in [-0.05, 0) is 37.6 Å². The summed E-state index contributed by atoms with van der Waals surface area (Å²) < 4.78 is 15.5. The number of ether oxygens (including phenoxy) is 3. The molecule has 0 unspecified atom stereocenters. The number of rotatable bonds is 3. The molecule has 1 aliphatic heterocycles. The summed E-state index contributed by atoms with van der Waals surface area (Å²) in [6, 6.07) is 5.04. The normalized spacial score (nSPS) is 22.2. The smallest absolute Gasteiger partial charge is 0.410 e. The minimum absolute atomic E-state index is 0.202. The largest absolute Gasteiger partial charge is 0.412 e. The van der Waals surface area contributed by atoms with E-state index in [4.69, 9.17) is 25.8 Å². The molecule has 0 aromatic heterocycles. The summed E-state index contributed by atoms with van der Waals surface area (Å²) in [5.74, 6) is 0.473. The van der Waals surface area contributed by atoms with Gasteiger partial charge in [-0.3, -0.25) is 0 Å². The maximum Gasteiger partial charge on any atom is 0.412 e. The van der Waals surface area contributed by atoms with Gasteiger partial charge in [0.25, 0.3) is 0 Å². The monoisotopic (exact) mass is 271 g/mol. The predicted molar refractivity (Wildman–Crippen MR) is 65.6 cm³/mol. The van der Waals surface area contributed by atoms with Gasteiger partial charge in [0.15, 0.2) is 12.6 Å². The van der Waals surface area contributed by atoms with Crippen molar-refractivity contribution < 1.29 is 19.0 Å². The van der Waals surface area contributed by atoms with Gasteiger partial charge in [-0.2, -0.15) is 0 Å². The summed E-state index contributed by atoms with van der Waals surface area (Å²) in [7, 11) is 0. The molecule has 0 aliphatic carbocycles. The van der Waals surface area contributed by atoms with Gasteiger partial charge in [0.2, 0.25) is 0 Å². The van der Waals surface area contributed by atoms with Gasteiger partial charge in [-0.1, -0.05) is 11.6 Å². The Hall–Kier alpha value is -1.30. The van der Waals surface area contributed by atoms with Crippen molar-refractivity contribution in [3.63, 3.8) is 0 Å². The number of nitrogens with one attached hydrogen (secondary N) is 1. The van der Waals surface area contributed by atoms with E-state index < -0.39 is 6.09 Å². The van der Waals surface area contributed by atoms with E-state index in [0.29, 0.717) is 10.8 Å². The molecule has 0 bridgehead atoms. The van der Waals surface area contributed by atoms with Crippen molar-refractivity contribution in [3.05, 3.63) is 28.8 Å². The molecule has 1 aromatic rings. The van der Waals surface area contributed by atoms with Crippen LogP contribution in [0.1, 0.15) is 12.5 Å². The lowest BCUT2D eigenvalue weighted by molar-refractivity contribution is -0.371. The van der Waals surface area contributed by atoms with E-state index in [-0.39, 0.29) is 19.1 Å². The van der Waals surface area contributed by atoms with Crippen molar-refractivity contribution in [1.82, 2.24) is 5.32 Å². The Labute approximate surface area is 110 Å². The van der Waals surface area contributed by atoms with Gasteiger partial charge in [0, 0.05) is 5.02 Å². The Morgan fingerprint density at radius 1 is 1.50 bits per heavy atom. The minimum atomic E-state index is -0.549. The highest BCUT2D eigenvalue weighted by molar-refractivity contribution is 6.30. The first-order chi connectivity index (χ1) is 8.54. The minimum Gasteiger partial charge on any atom is -0.410 e. The fourth-order valence-corrected chi connectivity index (χ4v) is 1.79. The first-order valence-electron chi connectivity index (χ1n) is 5.57. The molecule has 0 saturated carbocycles. The third-order valence-corrected chi connectivity index (χ3v) is 2.67. The third-order valence-electron chi connectivity index (χ3n) is 2.44. The third kappa shape index (κ3) is 3.35. The SMILES string of the molecule is Cc1cc(Cl)ccc1OC(=O)NCC1OC(C)O1. The molecule has 5 nitrogen and oxygen atoms in total. The van der Waals surface area contributed by atoms with Crippen LogP contribution in [-0.4, -0.2) is 25.2 Å². The number of carbonyl (C=O) groups excluding carboxylic acids is 1. The molecule has 1 saturated heterocycles. The second kappa shape index (κ2) is 5.56. The lowest BCUT2D eigenvalue weighted by Gasteiger charge is -2.33. The summed E-state index contributed by atoms with van der Waals surface area (Å²) in [5.41, 5.74) is 0.794. The fraction of sp³-hybridized carbons (Fsp3) is 0.417. The van der Waals surface area contributed by atoms with E-state index in [0.717, 1.165) is 5.56 Å². The van der Waals surface area contributed by atoms with Crippen LogP contribution in [0, 0.1) is 6.92 Å². The number of hydrogen-bond acceptors (Lipinski definition) is 4. The van der Waals surface area contributed by atoms with Crippen molar-refractivity contribution in [2.75, 3.05) is 6.54 Å². The quantitative estimate of drug-likeness (QED) is 0.917. The van der Waals surface area contributed by atoms with Crippen LogP contribution in [-0.2, 0) is 9.47 Å². The van der Waals surface area contributed by atoms with E-state index in [9.17, 15) is 4.79 Å². The van der Waals surface area contributed by atoms with Crippen molar-refractivity contribution in [2.24, 2.45) is 0 Å². The van der Waals surface area contributed by atoms with Crippen molar-refractivity contribution >= 4 is 17.7 Å². The topological polar surface area (TPSA) is 56.8 Å². The fourth-order valence-electron chi connectivity index (χ4n) is 1.56. The summed E-state index contributed by atoms with van der Waals surface area (Å²) in [6.07, 6.45) is -1.14. The lowest BCUT2D eigenvalue weighted by Crippen LogP contribution is -2.47. The molecule has 1 aromatic carbocycles. The first-order valence-corrected chi connectivity index (χ1v) is 5.95. The molecule has 0 radical (unpaired) electrons. The highest BCUT2D eigenvalue weighted by Gasteiger charge is 2.27. The highest BCUT2D eigenvalue weighted by Crippen LogP contribution is 2.22. The molecule has 0 spiro atoms. The zero-order chi connectivity index (χ0) is 13.1. The summed E-state index contributed by atoms with van der Waals surface area (Å²) in [6.45, 7) is 3.86. The molecule has 1 heterocycles. The number of halogens is 1. The van der Waals surface area contributed by atoms with E-state index in [1.807, 2.05) is 6.92 Å². The van der Waals surface area contributed by atoms with Gasteiger partial charge in [-0.15, -0.1) is 0 Å². The molecular formula is C12H14ClNO4. The van der Waals surface area contributed by atoms with Crippen LogP contribution >= 0.6 is 11.6 Å². The van der Waals surface area contributed by atoms with Crippen LogP contribution in [0.3, 0.4) is 0 Å². The van der Waals surface area contributed by atoms with E-state index in [2.05, 4.69) is 5.32 Å². The molecule has 0 atom stereocenters. The average Bonchev–Trinajstić information content (AvgIpc) is 2.27. The second-order valence-electron chi connectivity index (χ2n) is 3.95. The second-order valence-corrected chi connectivity index (χ2v) is 4.39. The Kier molecular flexibility index (Phi) is 4.06. The Bertz CT molecular complexity index is 446. The zero-order valence-electron chi connectivity index (χ0n) is 10.1. The number of amides is 1. The van der Waals surface area contributed by atoms with Gasteiger partial charge in [-0.25, -0.2) is 4.79 Å². The van der Waals surface area contributed by atoms with Crippen LogP contribution in [0.5, 0.6) is 5.75 Å². The molecule has 1 amide bonds. The zero-order valence-corrected chi connectivity index (χ0v) is 10.9. The predicted octanol–water partition coefficient (Wildman–Crippen LogP) is 2.46. The van der Waals surface area contributed by atoms with E-state index in [1.165, 1.54) is 0 Å². The van der Waals surface area contributed by atoms with Crippen LogP contribution in [0.2, 0.25) is 5.02 Å². The lowest BCUT2D eigenvalue weighted by atomic mass is 10.2. The first kappa shape index (κ1) is 13.1. The summed E-state index contributed by atoms with van der Waals surface area (Å²) >= 11 is 5.81. The molecule has 18 heavy (non-hydrogen) atoms. The number of hydrogen-bond donors (Lipinski definition) is 1. The number of carbonyl (C=O) groups is 1. The molecule has 2 rings (SSSR count). The maximum atomic E-state index is 11.5. The van der Waals surface area contributed by atoms with Gasteiger partial charge < -0.3 is 19.5 Å². The molecular weight excluding hydrogens is 258 g/mol. The standard InChI is InChI=1S/C12H14ClNO4/c1-7-5-9(13)3-4-10(7)18-12(15)14-6-11-16-8(2)17-11/h3-5,8,11H,6H2,1-2H3,(H,14,15). The molecule has 1 fully saturated rings. The molecule has 6 heteroatoms. The Morgan fingerprint density at radius 3 is 2.83 bits per heavy atom. The molecule has 1 N–H and O–H groups in total. The van der Waals surface area contributed by atoms with E-state index >= 15 is 0 Å². The maximum absolute atomic E-state index is 11.5. The van der Waals surface area contributed by atoms with Crippen LogP contribution < -0.4 is 10.1 Å². The van der Waals surface area contributed by atoms with Crippen LogP contribution in [0.15, 0.2) is 18.2 Å². The van der Waals surface area contributed by atoms with Gasteiger partial charge in [0.1, 0.15) is 5.75 Å². The van der Waals surface area contributed by atoms with Crippen molar-refractivity contribution in [1.29, 1.82) is 0 Å². The van der Waals surface area contributed by atoms with Crippen molar-refractivity contribution in [2.45, 2.75) is 26.4 Å².